The Kier molecular flexibility index (Phi) is 6.38. The van der Waals surface area contributed by atoms with E-state index in [1.165, 1.54) is 7.11 Å². The molecule has 0 spiro atoms. The van der Waals surface area contributed by atoms with E-state index in [0.717, 1.165) is 24.9 Å². The van der Waals surface area contributed by atoms with Gasteiger partial charge in [0, 0.05) is 12.2 Å². The van der Waals surface area contributed by atoms with E-state index in [0.29, 0.717) is 17.8 Å². The lowest BCUT2D eigenvalue weighted by Gasteiger charge is -2.32. The van der Waals surface area contributed by atoms with Crippen LogP contribution in [0.2, 0.25) is 0 Å². The molecule has 0 radical (unpaired) electrons. The zero-order chi connectivity index (χ0) is 15.5. The van der Waals surface area contributed by atoms with Crippen LogP contribution in [0.1, 0.15) is 35.7 Å². The molecule has 1 saturated heterocycles. The number of ether oxygens (including phenoxy) is 1. The summed E-state index contributed by atoms with van der Waals surface area (Å²) in [5, 5.41) is 6.21. The quantitative estimate of drug-likeness (QED) is 0.838. The van der Waals surface area contributed by atoms with E-state index in [1.807, 2.05) is 19.9 Å². The standard InChI is InChI=1S/C16H22N2O3.ClH/c1-11-5-6-12(14(19)21-3)9-13(11)18-15(20)16(2)7-4-8-17-10-16;/h5-6,9,17H,4,7-8,10H2,1-3H3,(H,18,20);1H. The Balaban J connectivity index is 0.00000242. The highest BCUT2D eigenvalue weighted by atomic mass is 35.5. The molecule has 6 heteroatoms. The number of amides is 1. The van der Waals surface area contributed by atoms with Crippen molar-refractivity contribution in [3.05, 3.63) is 29.3 Å². The summed E-state index contributed by atoms with van der Waals surface area (Å²) >= 11 is 0. The van der Waals surface area contributed by atoms with Crippen LogP contribution in [-0.2, 0) is 9.53 Å². The van der Waals surface area contributed by atoms with E-state index in [9.17, 15) is 9.59 Å². The normalized spacial score (nSPS) is 20.7. The van der Waals surface area contributed by atoms with Gasteiger partial charge in [0.05, 0.1) is 18.1 Å². The fraction of sp³-hybridized carbons (Fsp3) is 0.500. The number of halogens is 1. The molecule has 2 rings (SSSR count). The first-order valence-electron chi connectivity index (χ1n) is 7.17. The number of aryl methyl sites for hydroxylation is 1. The maximum Gasteiger partial charge on any atom is 0.337 e. The van der Waals surface area contributed by atoms with Gasteiger partial charge in [-0.25, -0.2) is 4.79 Å². The molecule has 1 aromatic carbocycles. The van der Waals surface area contributed by atoms with Crippen molar-refractivity contribution in [1.29, 1.82) is 0 Å². The number of carbonyl (C=O) groups is 2. The summed E-state index contributed by atoms with van der Waals surface area (Å²) in [7, 11) is 1.34. The molecule has 5 nitrogen and oxygen atoms in total. The van der Waals surface area contributed by atoms with E-state index >= 15 is 0 Å². The highest BCUT2D eigenvalue weighted by molar-refractivity contribution is 5.98. The second-order valence-corrected chi connectivity index (χ2v) is 5.82. The Labute approximate surface area is 137 Å². The molecule has 0 bridgehead atoms. The van der Waals surface area contributed by atoms with Gasteiger partial charge in [-0.1, -0.05) is 6.07 Å². The van der Waals surface area contributed by atoms with Gasteiger partial charge in [0.15, 0.2) is 0 Å². The fourth-order valence-electron chi connectivity index (χ4n) is 2.52. The maximum absolute atomic E-state index is 12.5. The van der Waals surface area contributed by atoms with E-state index in [-0.39, 0.29) is 18.3 Å². The van der Waals surface area contributed by atoms with Gasteiger partial charge in [0.1, 0.15) is 0 Å². The molecule has 122 valence electrons. The van der Waals surface area contributed by atoms with Crippen LogP contribution in [0, 0.1) is 12.3 Å². The number of piperidine rings is 1. The summed E-state index contributed by atoms with van der Waals surface area (Å²) in [4.78, 5) is 24.1. The minimum absolute atomic E-state index is 0. The molecule has 2 N–H and O–H groups in total. The van der Waals surface area contributed by atoms with Gasteiger partial charge >= 0.3 is 5.97 Å². The predicted molar refractivity (Wildman–Crippen MR) is 88.6 cm³/mol. The van der Waals surface area contributed by atoms with E-state index < -0.39 is 11.4 Å². The van der Waals surface area contributed by atoms with Crippen LogP contribution >= 0.6 is 12.4 Å². The fourth-order valence-corrected chi connectivity index (χ4v) is 2.52. The Morgan fingerprint density at radius 2 is 2.09 bits per heavy atom. The van der Waals surface area contributed by atoms with Crippen LogP contribution in [0.25, 0.3) is 0 Å². The van der Waals surface area contributed by atoms with Gasteiger partial charge in [0.25, 0.3) is 0 Å². The van der Waals surface area contributed by atoms with Crippen LogP contribution in [-0.4, -0.2) is 32.1 Å². The predicted octanol–water partition coefficient (Wildman–Crippen LogP) is 2.53. The van der Waals surface area contributed by atoms with Crippen molar-refractivity contribution >= 4 is 30.0 Å². The number of rotatable bonds is 3. The van der Waals surface area contributed by atoms with E-state index in [2.05, 4.69) is 10.6 Å². The largest absolute Gasteiger partial charge is 0.465 e. The smallest absolute Gasteiger partial charge is 0.337 e. The summed E-state index contributed by atoms with van der Waals surface area (Å²) in [6.45, 7) is 5.50. The molecule has 0 saturated carbocycles. The number of nitrogens with one attached hydrogen (secondary N) is 2. The Bertz CT molecular complexity index is 554. The first-order valence-corrected chi connectivity index (χ1v) is 7.17. The van der Waals surface area contributed by atoms with Gasteiger partial charge in [-0.3, -0.25) is 4.79 Å². The number of hydrogen-bond acceptors (Lipinski definition) is 4. The summed E-state index contributed by atoms with van der Waals surface area (Å²) < 4.78 is 4.71. The number of carbonyl (C=O) groups excluding carboxylic acids is 2. The lowest BCUT2D eigenvalue weighted by molar-refractivity contribution is -0.125. The SMILES string of the molecule is COC(=O)c1ccc(C)c(NC(=O)C2(C)CCCNC2)c1.Cl. The Hall–Kier alpha value is -1.59. The molecule has 1 aromatic rings. The minimum Gasteiger partial charge on any atom is -0.465 e. The molecule has 0 aliphatic carbocycles. The maximum atomic E-state index is 12.5. The zero-order valence-corrected chi connectivity index (χ0v) is 14.0. The first-order chi connectivity index (χ1) is 9.96. The Morgan fingerprint density at radius 3 is 2.68 bits per heavy atom. The average molecular weight is 327 g/mol. The lowest BCUT2D eigenvalue weighted by atomic mass is 9.82. The van der Waals surface area contributed by atoms with Crippen LogP contribution in [0.4, 0.5) is 5.69 Å². The van der Waals surface area contributed by atoms with Crippen molar-refractivity contribution in [3.63, 3.8) is 0 Å². The van der Waals surface area contributed by atoms with Gasteiger partial charge in [-0.05, 0) is 50.9 Å². The lowest BCUT2D eigenvalue weighted by Crippen LogP contribution is -2.46. The number of benzene rings is 1. The van der Waals surface area contributed by atoms with Gasteiger partial charge in [0.2, 0.25) is 5.91 Å². The van der Waals surface area contributed by atoms with Crippen molar-refractivity contribution in [2.45, 2.75) is 26.7 Å². The topological polar surface area (TPSA) is 67.4 Å². The summed E-state index contributed by atoms with van der Waals surface area (Å²) in [5.74, 6) is -0.421. The molecule has 1 atom stereocenters. The molecule has 22 heavy (non-hydrogen) atoms. The zero-order valence-electron chi connectivity index (χ0n) is 13.2. The van der Waals surface area contributed by atoms with Crippen molar-refractivity contribution in [3.8, 4) is 0 Å². The van der Waals surface area contributed by atoms with Gasteiger partial charge in [-0.15, -0.1) is 12.4 Å². The molecule has 1 unspecified atom stereocenters. The third-order valence-corrected chi connectivity index (χ3v) is 4.05. The molecule has 0 aromatic heterocycles. The molecular weight excluding hydrogens is 304 g/mol. The average Bonchev–Trinajstić information content (AvgIpc) is 2.49. The number of hydrogen-bond donors (Lipinski definition) is 2. The summed E-state index contributed by atoms with van der Waals surface area (Å²) in [5.41, 5.74) is 1.61. The monoisotopic (exact) mass is 326 g/mol. The molecular formula is C16H23ClN2O3. The van der Waals surface area contributed by atoms with Crippen LogP contribution < -0.4 is 10.6 Å². The van der Waals surface area contributed by atoms with E-state index in [1.54, 1.807) is 12.1 Å². The summed E-state index contributed by atoms with van der Waals surface area (Å²) in [6.07, 6.45) is 1.85. The van der Waals surface area contributed by atoms with E-state index in [4.69, 9.17) is 4.74 Å². The van der Waals surface area contributed by atoms with Gasteiger partial charge < -0.3 is 15.4 Å². The second kappa shape index (κ2) is 7.61. The van der Waals surface area contributed by atoms with Crippen molar-refractivity contribution < 1.29 is 14.3 Å². The third kappa shape index (κ3) is 3.99. The molecule has 1 fully saturated rings. The van der Waals surface area contributed by atoms with Crippen molar-refractivity contribution in [1.82, 2.24) is 5.32 Å². The van der Waals surface area contributed by atoms with Crippen molar-refractivity contribution in [2.24, 2.45) is 5.41 Å². The first kappa shape index (κ1) is 18.5. The molecule has 1 aliphatic rings. The summed E-state index contributed by atoms with van der Waals surface area (Å²) in [6, 6.07) is 5.17. The highest BCUT2D eigenvalue weighted by Crippen LogP contribution is 2.28. The molecule has 1 heterocycles. The van der Waals surface area contributed by atoms with Crippen LogP contribution in [0.5, 0.6) is 0 Å². The van der Waals surface area contributed by atoms with Crippen molar-refractivity contribution in [2.75, 3.05) is 25.5 Å². The third-order valence-electron chi connectivity index (χ3n) is 4.05. The Morgan fingerprint density at radius 1 is 1.36 bits per heavy atom. The molecule has 1 amide bonds. The number of anilines is 1. The minimum atomic E-state index is -0.411. The second-order valence-electron chi connectivity index (χ2n) is 5.82. The molecule has 1 aliphatic heterocycles. The van der Waals surface area contributed by atoms with Gasteiger partial charge in [-0.2, -0.15) is 0 Å². The van der Waals surface area contributed by atoms with Crippen LogP contribution in [0.3, 0.4) is 0 Å². The van der Waals surface area contributed by atoms with Crippen LogP contribution in [0.15, 0.2) is 18.2 Å². The number of methoxy groups -OCH3 is 1. The highest BCUT2D eigenvalue weighted by Gasteiger charge is 2.34. The number of esters is 1.